The molecule has 0 aliphatic heterocycles. The van der Waals surface area contributed by atoms with E-state index in [2.05, 4.69) is 0 Å². The maximum absolute atomic E-state index is 8.27. The van der Waals surface area contributed by atoms with Crippen LogP contribution in [0.1, 0.15) is 0 Å². The standard InChI is InChI=1S/C7H6N2S.Ag/c8-5-10-7-3-1-6(9)2-4-7;/h1-4H,9H2;. The van der Waals surface area contributed by atoms with Crippen LogP contribution in [0.4, 0.5) is 5.69 Å². The fourth-order valence-corrected chi connectivity index (χ4v) is 0.966. The summed E-state index contributed by atoms with van der Waals surface area (Å²) in [5, 5.41) is 10.2. The van der Waals surface area contributed by atoms with Gasteiger partial charge in [0.25, 0.3) is 0 Å². The van der Waals surface area contributed by atoms with Crippen LogP contribution in [0, 0.1) is 10.7 Å². The summed E-state index contributed by atoms with van der Waals surface area (Å²) in [6.07, 6.45) is 0. The van der Waals surface area contributed by atoms with Crippen LogP contribution in [0.5, 0.6) is 0 Å². The Kier molecular flexibility index (Phi) is 5.09. The van der Waals surface area contributed by atoms with Crippen LogP contribution in [0.3, 0.4) is 0 Å². The monoisotopic (exact) mass is 257 g/mol. The Balaban J connectivity index is 0.000001000. The van der Waals surface area contributed by atoms with Gasteiger partial charge in [-0.3, -0.25) is 0 Å². The molecule has 0 spiro atoms. The molecule has 1 radical (unpaired) electrons. The number of nitriles is 1. The van der Waals surface area contributed by atoms with E-state index in [9.17, 15) is 0 Å². The van der Waals surface area contributed by atoms with Crippen molar-refractivity contribution in [1.82, 2.24) is 0 Å². The van der Waals surface area contributed by atoms with Crippen LogP contribution in [0.2, 0.25) is 0 Å². The third-order valence-corrected chi connectivity index (χ3v) is 1.64. The van der Waals surface area contributed by atoms with E-state index in [1.807, 2.05) is 17.5 Å². The van der Waals surface area contributed by atoms with Crippen molar-refractivity contribution in [3.8, 4) is 5.40 Å². The Morgan fingerprint density at radius 1 is 1.27 bits per heavy atom. The fraction of sp³-hybridized carbons (Fsp3) is 0. The summed E-state index contributed by atoms with van der Waals surface area (Å²) in [4.78, 5) is 0.928. The average molecular weight is 258 g/mol. The number of nitrogens with zero attached hydrogens (tertiary/aromatic N) is 1. The van der Waals surface area contributed by atoms with Gasteiger partial charge in [-0.05, 0) is 36.0 Å². The second-order valence-electron chi connectivity index (χ2n) is 1.76. The molecule has 0 heterocycles. The van der Waals surface area contributed by atoms with E-state index < -0.39 is 0 Å². The summed E-state index contributed by atoms with van der Waals surface area (Å²) >= 11 is 1.13. The number of hydrogen-bond donors (Lipinski definition) is 1. The second-order valence-corrected chi connectivity index (χ2v) is 2.62. The average Bonchev–Trinajstić information content (AvgIpc) is 1.95. The Morgan fingerprint density at radius 3 is 2.27 bits per heavy atom. The third-order valence-electron chi connectivity index (χ3n) is 1.04. The zero-order valence-corrected chi connectivity index (χ0v) is 7.84. The summed E-state index contributed by atoms with van der Waals surface area (Å²) in [6.45, 7) is 0. The number of nitrogens with two attached hydrogens (primary N) is 1. The first kappa shape index (κ1) is 10.6. The summed E-state index contributed by atoms with van der Waals surface area (Å²) < 4.78 is 0. The summed E-state index contributed by atoms with van der Waals surface area (Å²) in [5.74, 6) is 0. The minimum Gasteiger partial charge on any atom is -0.399 e. The van der Waals surface area contributed by atoms with Crippen molar-refractivity contribution in [2.45, 2.75) is 4.90 Å². The van der Waals surface area contributed by atoms with Crippen molar-refractivity contribution in [1.29, 1.82) is 5.26 Å². The van der Waals surface area contributed by atoms with Crippen molar-refractivity contribution in [3.05, 3.63) is 24.3 Å². The molecule has 0 bridgehead atoms. The molecule has 1 aromatic rings. The molecule has 0 fully saturated rings. The van der Waals surface area contributed by atoms with E-state index in [0.717, 1.165) is 22.3 Å². The van der Waals surface area contributed by atoms with Gasteiger partial charge in [0.05, 0.1) is 0 Å². The van der Waals surface area contributed by atoms with Gasteiger partial charge in [-0.2, -0.15) is 5.26 Å². The summed E-state index contributed by atoms with van der Waals surface area (Å²) in [7, 11) is 0. The number of hydrogen-bond acceptors (Lipinski definition) is 3. The quantitative estimate of drug-likeness (QED) is 0.362. The van der Waals surface area contributed by atoms with Crippen LogP contribution < -0.4 is 5.73 Å². The smallest absolute Gasteiger partial charge is 0.138 e. The molecule has 61 valence electrons. The van der Waals surface area contributed by atoms with Gasteiger partial charge in [-0.15, -0.1) is 0 Å². The number of thioether (sulfide) groups is 1. The third kappa shape index (κ3) is 3.49. The van der Waals surface area contributed by atoms with Crippen molar-refractivity contribution in [2.24, 2.45) is 0 Å². The molecule has 0 saturated heterocycles. The number of anilines is 1. The van der Waals surface area contributed by atoms with E-state index in [-0.39, 0.29) is 22.4 Å². The van der Waals surface area contributed by atoms with E-state index in [4.69, 9.17) is 11.0 Å². The zero-order chi connectivity index (χ0) is 7.40. The topological polar surface area (TPSA) is 49.8 Å². The molecule has 0 amide bonds. The predicted molar refractivity (Wildman–Crippen MR) is 42.3 cm³/mol. The Bertz CT molecular complexity index is 252. The molecular formula is C7H6AgN2S. The molecule has 0 unspecified atom stereocenters. The van der Waals surface area contributed by atoms with Crippen LogP contribution in [-0.4, -0.2) is 0 Å². The maximum atomic E-state index is 8.27. The van der Waals surface area contributed by atoms with Gasteiger partial charge in [0.1, 0.15) is 5.40 Å². The summed E-state index contributed by atoms with van der Waals surface area (Å²) in [6, 6.07) is 7.20. The molecule has 2 N–H and O–H groups in total. The summed E-state index contributed by atoms with van der Waals surface area (Å²) in [5.41, 5.74) is 6.16. The number of rotatable bonds is 1. The van der Waals surface area contributed by atoms with Crippen molar-refractivity contribution in [2.75, 3.05) is 5.73 Å². The Labute approximate surface area is 85.3 Å². The molecule has 11 heavy (non-hydrogen) atoms. The molecule has 0 atom stereocenters. The van der Waals surface area contributed by atoms with Crippen LogP contribution >= 0.6 is 11.8 Å². The van der Waals surface area contributed by atoms with Gasteiger partial charge >= 0.3 is 0 Å². The van der Waals surface area contributed by atoms with E-state index in [1.165, 1.54) is 0 Å². The largest absolute Gasteiger partial charge is 0.399 e. The van der Waals surface area contributed by atoms with Crippen molar-refractivity contribution < 1.29 is 22.4 Å². The molecule has 1 rings (SSSR count). The van der Waals surface area contributed by atoms with E-state index >= 15 is 0 Å². The fourth-order valence-electron chi connectivity index (χ4n) is 0.589. The normalized spacial score (nSPS) is 7.91. The Hall–Kier alpha value is -0.400. The van der Waals surface area contributed by atoms with Gasteiger partial charge in [-0.1, -0.05) is 0 Å². The van der Waals surface area contributed by atoms with Crippen molar-refractivity contribution in [3.63, 3.8) is 0 Å². The van der Waals surface area contributed by atoms with Gasteiger partial charge in [0.15, 0.2) is 0 Å². The molecule has 0 aliphatic rings. The second kappa shape index (κ2) is 5.28. The SMILES string of the molecule is N#CSc1ccc(N)cc1.[Ag]. The predicted octanol–water partition coefficient (Wildman–Crippen LogP) is 1.84. The molecule has 2 nitrogen and oxygen atoms in total. The van der Waals surface area contributed by atoms with Crippen LogP contribution in [0.15, 0.2) is 29.2 Å². The van der Waals surface area contributed by atoms with Gasteiger partial charge in [0.2, 0.25) is 0 Å². The number of thiocyanates is 1. The molecule has 4 heteroatoms. The zero-order valence-electron chi connectivity index (χ0n) is 5.54. The van der Waals surface area contributed by atoms with Crippen LogP contribution in [-0.2, 0) is 22.4 Å². The van der Waals surface area contributed by atoms with Gasteiger partial charge < -0.3 is 5.73 Å². The van der Waals surface area contributed by atoms with E-state index in [1.54, 1.807) is 12.1 Å². The molecule has 0 aliphatic carbocycles. The first-order valence-electron chi connectivity index (χ1n) is 2.74. The Morgan fingerprint density at radius 2 is 1.82 bits per heavy atom. The number of nitrogen functional groups attached to an aromatic ring is 1. The first-order chi connectivity index (χ1) is 4.83. The van der Waals surface area contributed by atoms with E-state index in [0.29, 0.717) is 0 Å². The van der Waals surface area contributed by atoms with Crippen molar-refractivity contribution >= 4 is 17.4 Å². The maximum Gasteiger partial charge on any atom is 0.138 e. The van der Waals surface area contributed by atoms with Gasteiger partial charge in [-0.25, -0.2) is 0 Å². The first-order valence-corrected chi connectivity index (χ1v) is 3.56. The molecule has 1 aromatic carbocycles. The minimum atomic E-state index is 0. The number of benzene rings is 1. The molecule has 0 saturated carbocycles. The van der Waals surface area contributed by atoms with Crippen LogP contribution in [0.25, 0.3) is 0 Å². The van der Waals surface area contributed by atoms with Gasteiger partial charge in [0, 0.05) is 33.0 Å². The molecule has 0 aromatic heterocycles. The molecular weight excluding hydrogens is 252 g/mol. The minimum absolute atomic E-state index is 0.